The number of hydrogen-bond acceptors (Lipinski definition) is 2. The van der Waals surface area contributed by atoms with Crippen LogP contribution in [0.5, 0.6) is 0 Å². The van der Waals surface area contributed by atoms with Gasteiger partial charge >= 0.3 is 0 Å². The highest BCUT2D eigenvalue weighted by Gasteiger charge is 2.26. The fourth-order valence-corrected chi connectivity index (χ4v) is 2.88. The van der Waals surface area contributed by atoms with Crippen LogP contribution in [0.4, 0.5) is 5.69 Å². The lowest BCUT2D eigenvalue weighted by Crippen LogP contribution is -2.48. The Hall–Kier alpha value is -1.02. The average Bonchev–Trinajstić information content (AvgIpc) is 2.33. The molecular weight excluding hydrogens is 208 g/mol. The van der Waals surface area contributed by atoms with Crippen molar-refractivity contribution in [1.29, 1.82) is 0 Å². The molecule has 2 rings (SSSR count). The van der Waals surface area contributed by atoms with E-state index in [0.717, 1.165) is 25.6 Å². The van der Waals surface area contributed by atoms with Crippen LogP contribution in [-0.2, 0) is 0 Å². The second kappa shape index (κ2) is 5.54. The summed E-state index contributed by atoms with van der Waals surface area (Å²) in [5, 5.41) is 3.48. The Morgan fingerprint density at radius 3 is 2.88 bits per heavy atom. The van der Waals surface area contributed by atoms with Crippen molar-refractivity contribution in [1.82, 2.24) is 5.32 Å². The molecule has 1 fully saturated rings. The van der Waals surface area contributed by atoms with E-state index >= 15 is 0 Å². The second-order valence-electron chi connectivity index (χ2n) is 5.16. The van der Waals surface area contributed by atoms with Gasteiger partial charge in [-0.05, 0) is 57.0 Å². The van der Waals surface area contributed by atoms with Gasteiger partial charge in [0.05, 0.1) is 0 Å². The number of nitrogens with one attached hydrogen (secondary N) is 1. The first-order valence-corrected chi connectivity index (χ1v) is 6.76. The van der Waals surface area contributed by atoms with Gasteiger partial charge in [-0.3, -0.25) is 0 Å². The first kappa shape index (κ1) is 12.4. The summed E-state index contributed by atoms with van der Waals surface area (Å²) >= 11 is 0. The zero-order chi connectivity index (χ0) is 12.3. The Kier molecular flexibility index (Phi) is 4.06. The van der Waals surface area contributed by atoms with Crippen LogP contribution in [0.2, 0.25) is 0 Å². The minimum atomic E-state index is 0.683. The number of hydrogen-bond donors (Lipinski definition) is 1. The molecule has 1 aliphatic rings. The van der Waals surface area contributed by atoms with E-state index in [0.29, 0.717) is 6.04 Å². The molecular formula is C15H24N2. The van der Waals surface area contributed by atoms with Gasteiger partial charge in [-0.1, -0.05) is 19.1 Å². The van der Waals surface area contributed by atoms with Crippen molar-refractivity contribution >= 4 is 5.69 Å². The van der Waals surface area contributed by atoms with Crippen LogP contribution < -0.4 is 10.2 Å². The highest BCUT2D eigenvalue weighted by molar-refractivity contribution is 5.49. The summed E-state index contributed by atoms with van der Waals surface area (Å²) < 4.78 is 0. The van der Waals surface area contributed by atoms with Gasteiger partial charge < -0.3 is 10.2 Å². The van der Waals surface area contributed by atoms with E-state index in [-0.39, 0.29) is 0 Å². The van der Waals surface area contributed by atoms with E-state index in [9.17, 15) is 0 Å². The molecule has 1 aromatic carbocycles. The summed E-state index contributed by atoms with van der Waals surface area (Å²) in [6.07, 6.45) is 1.25. The Labute approximate surface area is 105 Å². The minimum Gasteiger partial charge on any atom is -0.368 e. The largest absolute Gasteiger partial charge is 0.368 e. The summed E-state index contributed by atoms with van der Waals surface area (Å²) in [7, 11) is 0. The standard InChI is InChI=1S/C15H24N2/c1-4-17(14-7-5-6-12(2)10-14)15-8-9-16-11-13(15)3/h5-7,10,13,15-16H,4,8-9,11H2,1-3H3. The summed E-state index contributed by atoms with van der Waals surface area (Å²) in [6, 6.07) is 9.56. The van der Waals surface area contributed by atoms with Gasteiger partial charge in [0, 0.05) is 18.3 Å². The first-order valence-electron chi connectivity index (χ1n) is 6.76. The van der Waals surface area contributed by atoms with Gasteiger partial charge in [0.2, 0.25) is 0 Å². The average molecular weight is 232 g/mol. The quantitative estimate of drug-likeness (QED) is 0.862. The number of piperidine rings is 1. The van der Waals surface area contributed by atoms with Gasteiger partial charge in [-0.25, -0.2) is 0 Å². The summed E-state index contributed by atoms with van der Waals surface area (Å²) in [6.45, 7) is 10.2. The highest BCUT2D eigenvalue weighted by Crippen LogP contribution is 2.25. The van der Waals surface area contributed by atoms with E-state index in [1.807, 2.05) is 0 Å². The van der Waals surface area contributed by atoms with Crippen molar-refractivity contribution < 1.29 is 0 Å². The molecule has 1 aliphatic heterocycles. The third-order valence-corrected chi connectivity index (χ3v) is 3.81. The summed E-state index contributed by atoms with van der Waals surface area (Å²) in [5.74, 6) is 0.726. The lowest BCUT2D eigenvalue weighted by atomic mass is 9.93. The lowest BCUT2D eigenvalue weighted by molar-refractivity contribution is 0.333. The van der Waals surface area contributed by atoms with Crippen LogP contribution in [0.15, 0.2) is 24.3 Å². The maximum atomic E-state index is 3.48. The molecule has 0 bridgehead atoms. The van der Waals surface area contributed by atoms with Crippen LogP contribution in [0.25, 0.3) is 0 Å². The summed E-state index contributed by atoms with van der Waals surface area (Å²) in [5.41, 5.74) is 2.73. The van der Waals surface area contributed by atoms with E-state index in [2.05, 4.69) is 55.3 Å². The van der Waals surface area contributed by atoms with Crippen LogP contribution in [0.1, 0.15) is 25.8 Å². The molecule has 0 saturated carbocycles. The fraction of sp³-hybridized carbons (Fsp3) is 0.600. The van der Waals surface area contributed by atoms with Crippen LogP contribution in [0, 0.1) is 12.8 Å². The Bertz CT molecular complexity index is 362. The maximum absolute atomic E-state index is 3.48. The van der Waals surface area contributed by atoms with Gasteiger partial charge in [-0.2, -0.15) is 0 Å². The number of benzene rings is 1. The minimum absolute atomic E-state index is 0.683. The zero-order valence-electron chi connectivity index (χ0n) is 11.2. The van der Waals surface area contributed by atoms with E-state index < -0.39 is 0 Å². The van der Waals surface area contributed by atoms with Crippen LogP contribution in [0.3, 0.4) is 0 Å². The van der Waals surface area contributed by atoms with Crippen LogP contribution >= 0.6 is 0 Å². The number of anilines is 1. The molecule has 1 saturated heterocycles. The number of rotatable bonds is 3. The van der Waals surface area contributed by atoms with Crippen LogP contribution in [-0.4, -0.2) is 25.7 Å². The van der Waals surface area contributed by atoms with Gasteiger partial charge in [0.25, 0.3) is 0 Å². The predicted molar refractivity (Wildman–Crippen MR) is 74.6 cm³/mol. The van der Waals surface area contributed by atoms with E-state index in [1.54, 1.807) is 0 Å². The SMILES string of the molecule is CCN(c1cccc(C)c1)C1CCNCC1C. The molecule has 0 aliphatic carbocycles. The molecule has 0 aromatic heterocycles. The molecule has 2 nitrogen and oxygen atoms in total. The maximum Gasteiger partial charge on any atom is 0.0371 e. The lowest BCUT2D eigenvalue weighted by Gasteiger charge is -2.40. The second-order valence-corrected chi connectivity index (χ2v) is 5.16. The highest BCUT2D eigenvalue weighted by atomic mass is 15.2. The van der Waals surface area contributed by atoms with Gasteiger partial charge in [0.15, 0.2) is 0 Å². The topological polar surface area (TPSA) is 15.3 Å². The van der Waals surface area contributed by atoms with Crippen molar-refractivity contribution in [3.8, 4) is 0 Å². The third kappa shape index (κ3) is 2.81. The van der Waals surface area contributed by atoms with Crippen molar-refractivity contribution in [2.24, 2.45) is 5.92 Å². The normalized spacial score (nSPS) is 24.6. The number of nitrogens with zero attached hydrogens (tertiary/aromatic N) is 1. The molecule has 1 aromatic rings. The monoisotopic (exact) mass is 232 g/mol. The van der Waals surface area contributed by atoms with E-state index in [1.165, 1.54) is 17.7 Å². The fourth-order valence-electron chi connectivity index (χ4n) is 2.88. The molecule has 0 amide bonds. The predicted octanol–water partition coefficient (Wildman–Crippen LogP) is 2.82. The molecule has 2 atom stereocenters. The first-order chi connectivity index (χ1) is 8.22. The zero-order valence-corrected chi connectivity index (χ0v) is 11.2. The number of aryl methyl sites for hydroxylation is 1. The van der Waals surface area contributed by atoms with Crippen molar-refractivity contribution in [2.75, 3.05) is 24.5 Å². The smallest absolute Gasteiger partial charge is 0.0371 e. The summed E-state index contributed by atoms with van der Waals surface area (Å²) in [4.78, 5) is 2.57. The molecule has 0 radical (unpaired) electrons. The van der Waals surface area contributed by atoms with Crippen molar-refractivity contribution in [3.05, 3.63) is 29.8 Å². The molecule has 2 heteroatoms. The van der Waals surface area contributed by atoms with Gasteiger partial charge in [-0.15, -0.1) is 0 Å². The Balaban J connectivity index is 2.20. The molecule has 0 spiro atoms. The Morgan fingerprint density at radius 1 is 1.41 bits per heavy atom. The third-order valence-electron chi connectivity index (χ3n) is 3.81. The Morgan fingerprint density at radius 2 is 2.24 bits per heavy atom. The van der Waals surface area contributed by atoms with Crippen molar-refractivity contribution in [3.63, 3.8) is 0 Å². The molecule has 17 heavy (non-hydrogen) atoms. The van der Waals surface area contributed by atoms with Crippen molar-refractivity contribution in [2.45, 2.75) is 33.2 Å². The molecule has 1 heterocycles. The van der Waals surface area contributed by atoms with Gasteiger partial charge in [0.1, 0.15) is 0 Å². The van der Waals surface area contributed by atoms with E-state index in [4.69, 9.17) is 0 Å². The molecule has 1 N–H and O–H groups in total. The molecule has 2 unspecified atom stereocenters. The molecule has 94 valence electrons.